The Morgan fingerprint density at radius 3 is 2.61 bits per heavy atom. The van der Waals surface area contributed by atoms with Crippen molar-refractivity contribution in [3.63, 3.8) is 0 Å². The molecule has 1 fully saturated rings. The zero-order valence-corrected chi connectivity index (χ0v) is 16.9. The minimum absolute atomic E-state index is 0.00886. The lowest BCUT2D eigenvalue weighted by Gasteiger charge is -2.34. The highest BCUT2D eigenvalue weighted by Crippen LogP contribution is 2.29. The van der Waals surface area contributed by atoms with Crippen LogP contribution >= 0.6 is 11.3 Å². The van der Waals surface area contributed by atoms with Crippen LogP contribution < -0.4 is 5.32 Å². The first-order valence-electron chi connectivity index (χ1n) is 9.53. The molecule has 0 atom stereocenters. The van der Waals surface area contributed by atoms with Gasteiger partial charge in [-0.25, -0.2) is 14.2 Å². The standard InChI is InChI=1S/C20H24FN5OS/c1-3-22-19(27)25-10-8-24(9-11-25)12-17-18(15-4-6-16(21)7-5-15)23-20-26(17)14(2)13-28-20/h4-7,13H,3,8-12H2,1-2H3,(H,22,27). The molecule has 0 aliphatic carbocycles. The molecule has 6 nitrogen and oxygen atoms in total. The van der Waals surface area contributed by atoms with E-state index in [0.717, 1.165) is 47.2 Å². The van der Waals surface area contributed by atoms with Crippen LogP contribution in [-0.2, 0) is 6.54 Å². The van der Waals surface area contributed by atoms with Gasteiger partial charge in [-0.05, 0) is 38.1 Å². The zero-order valence-electron chi connectivity index (χ0n) is 16.1. The Hall–Kier alpha value is -2.45. The van der Waals surface area contributed by atoms with E-state index in [1.807, 2.05) is 11.8 Å². The van der Waals surface area contributed by atoms with Crippen LogP contribution in [0.5, 0.6) is 0 Å². The van der Waals surface area contributed by atoms with E-state index < -0.39 is 0 Å². The molecule has 8 heteroatoms. The highest BCUT2D eigenvalue weighted by Gasteiger charge is 2.24. The number of halogens is 1. The summed E-state index contributed by atoms with van der Waals surface area (Å²) in [6.45, 7) is 8.45. The van der Waals surface area contributed by atoms with E-state index in [1.165, 1.54) is 12.1 Å². The van der Waals surface area contributed by atoms with Crippen molar-refractivity contribution in [1.29, 1.82) is 0 Å². The Kier molecular flexibility index (Phi) is 5.32. The third-order valence-corrected chi connectivity index (χ3v) is 6.05. The lowest BCUT2D eigenvalue weighted by atomic mass is 10.1. The summed E-state index contributed by atoms with van der Waals surface area (Å²) in [4.78, 5) is 22.0. The molecule has 0 radical (unpaired) electrons. The number of aryl methyl sites for hydroxylation is 1. The molecule has 1 saturated heterocycles. The van der Waals surface area contributed by atoms with E-state index in [9.17, 15) is 9.18 Å². The molecule has 1 aliphatic rings. The van der Waals surface area contributed by atoms with Gasteiger partial charge in [0.2, 0.25) is 0 Å². The number of fused-ring (bicyclic) bond motifs is 1. The van der Waals surface area contributed by atoms with Crippen LogP contribution in [0.15, 0.2) is 29.6 Å². The fourth-order valence-corrected chi connectivity index (χ4v) is 4.52. The number of nitrogens with zero attached hydrogens (tertiary/aromatic N) is 4. The van der Waals surface area contributed by atoms with Gasteiger partial charge in [-0.3, -0.25) is 9.30 Å². The SMILES string of the molecule is CCNC(=O)N1CCN(Cc2c(-c3ccc(F)cc3)nc3scc(C)n23)CC1. The molecule has 4 rings (SSSR count). The summed E-state index contributed by atoms with van der Waals surface area (Å²) in [6.07, 6.45) is 0. The normalized spacial score (nSPS) is 15.3. The lowest BCUT2D eigenvalue weighted by molar-refractivity contribution is 0.134. The monoisotopic (exact) mass is 401 g/mol. The summed E-state index contributed by atoms with van der Waals surface area (Å²) < 4.78 is 15.6. The number of thiazole rings is 1. The smallest absolute Gasteiger partial charge is 0.317 e. The van der Waals surface area contributed by atoms with E-state index >= 15 is 0 Å². The topological polar surface area (TPSA) is 52.9 Å². The number of hydrogen-bond donors (Lipinski definition) is 1. The minimum Gasteiger partial charge on any atom is -0.338 e. The van der Waals surface area contributed by atoms with Crippen molar-refractivity contribution in [3.05, 3.63) is 46.9 Å². The maximum Gasteiger partial charge on any atom is 0.317 e. The quantitative estimate of drug-likeness (QED) is 0.729. The summed E-state index contributed by atoms with van der Waals surface area (Å²) in [6, 6.07) is 6.53. The van der Waals surface area contributed by atoms with Crippen LogP contribution in [0, 0.1) is 12.7 Å². The molecule has 0 bridgehead atoms. The Morgan fingerprint density at radius 1 is 1.21 bits per heavy atom. The van der Waals surface area contributed by atoms with Gasteiger partial charge in [0, 0.05) is 55.9 Å². The molecule has 0 spiro atoms. The molecule has 1 N–H and O–H groups in total. The fraction of sp³-hybridized carbons (Fsp3) is 0.400. The van der Waals surface area contributed by atoms with Crippen LogP contribution in [-0.4, -0.2) is 57.9 Å². The molecule has 1 aromatic carbocycles. The number of benzene rings is 1. The molecule has 0 saturated carbocycles. The second kappa shape index (κ2) is 7.89. The maximum absolute atomic E-state index is 13.4. The van der Waals surface area contributed by atoms with Crippen molar-refractivity contribution in [3.8, 4) is 11.3 Å². The van der Waals surface area contributed by atoms with E-state index in [4.69, 9.17) is 4.98 Å². The molecule has 2 aromatic heterocycles. The van der Waals surface area contributed by atoms with Gasteiger partial charge in [-0.2, -0.15) is 0 Å². The number of piperazine rings is 1. The van der Waals surface area contributed by atoms with Crippen molar-refractivity contribution in [2.45, 2.75) is 20.4 Å². The fourth-order valence-electron chi connectivity index (χ4n) is 3.63. The predicted octanol–water partition coefficient (Wildman–Crippen LogP) is 3.36. The summed E-state index contributed by atoms with van der Waals surface area (Å²) in [7, 11) is 0. The summed E-state index contributed by atoms with van der Waals surface area (Å²) >= 11 is 1.62. The van der Waals surface area contributed by atoms with E-state index in [0.29, 0.717) is 19.6 Å². The predicted molar refractivity (Wildman–Crippen MR) is 109 cm³/mol. The van der Waals surface area contributed by atoms with Gasteiger partial charge < -0.3 is 10.2 Å². The first-order chi connectivity index (χ1) is 13.6. The van der Waals surface area contributed by atoms with E-state index in [1.54, 1.807) is 23.5 Å². The van der Waals surface area contributed by atoms with Crippen LogP contribution in [0.3, 0.4) is 0 Å². The van der Waals surface area contributed by atoms with Crippen molar-refractivity contribution >= 4 is 22.3 Å². The van der Waals surface area contributed by atoms with E-state index in [-0.39, 0.29) is 11.8 Å². The van der Waals surface area contributed by atoms with Crippen molar-refractivity contribution in [2.24, 2.45) is 0 Å². The van der Waals surface area contributed by atoms with E-state index in [2.05, 4.69) is 26.9 Å². The second-order valence-electron chi connectivity index (χ2n) is 7.01. The average Bonchev–Trinajstić information content (AvgIpc) is 3.24. The van der Waals surface area contributed by atoms with Gasteiger partial charge in [0.05, 0.1) is 11.4 Å². The second-order valence-corrected chi connectivity index (χ2v) is 7.84. The number of urea groups is 1. The Morgan fingerprint density at radius 2 is 1.93 bits per heavy atom. The zero-order chi connectivity index (χ0) is 19.7. The third-order valence-electron chi connectivity index (χ3n) is 5.11. The van der Waals surface area contributed by atoms with Crippen LogP contribution in [0.2, 0.25) is 0 Å². The van der Waals surface area contributed by atoms with Gasteiger partial charge in [-0.1, -0.05) is 0 Å². The van der Waals surface area contributed by atoms with Gasteiger partial charge in [0.25, 0.3) is 0 Å². The number of carbonyl (C=O) groups is 1. The molecular formula is C20H24FN5OS. The largest absolute Gasteiger partial charge is 0.338 e. The van der Waals surface area contributed by atoms with Crippen LogP contribution in [0.4, 0.5) is 9.18 Å². The first kappa shape index (κ1) is 18.9. The molecule has 1 aliphatic heterocycles. The van der Waals surface area contributed by atoms with Crippen LogP contribution in [0.25, 0.3) is 16.2 Å². The number of imidazole rings is 1. The molecule has 3 aromatic rings. The summed E-state index contributed by atoms with van der Waals surface area (Å²) in [5, 5.41) is 4.97. The Labute approximate surface area is 167 Å². The summed E-state index contributed by atoms with van der Waals surface area (Å²) in [5.74, 6) is -0.246. The van der Waals surface area contributed by atoms with Crippen molar-refractivity contribution in [2.75, 3.05) is 32.7 Å². The molecular weight excluding hydrogens is 377 g/mol. The molecule has 28 heavy (non-hydrogen) atoms. The third kappa shape index (κ3) is 3.62. The highest BCUT2D eigenvalue weighted by molar-refractivity contribution is 7.15. The van der Waals surface area contributed by atoms with Gasteiger partial charge >= 0.3 is 6.03 Å². The maximum atomic E-state index is 13.4. The minimum atomic E-state index is -0.246. The van der Waals surface area contributed by atoms with Crippen LogP contribution in [0.1, 0.15) is 18.3 Å². The molecule has 148 valence electrons. The van der Waals surface area contributed by atoms with Gasteiger partial charge in [-0.15, -0.1) is 11.3 Å². The van der Waals surface area contributed by atoms with Crippen molar-refractivity contribution in [1.82, 2.24) is 24.5 Å². The lowest BCUT2D eigenvalue weighted by Crippen LogP contribution is -2.51. The number of carbonyl (C=O) groups excluding carboxylic acids is 1. The van der Waals surface area contributed by atoms with Crippen molar-refractivity contribution < 1.29 is 9.18 Å². The average molecular weight is 402 g/mol. The molecule has 3 heterocycles. The number of aromatic nitrogens is 2. The number of hydrogen-bond acceptors (Lipinski definition) is 4. The number of nitrogens with one attached hydrogen (secondary N) is 1. The number of amides is 2. The highest BCUT2D eigenvalue weighted by atomic mass is 32.1. The van der Waals surface area contributed by atoms with Gasteiger partial charge in [0.1, 0.15) is 5.82 Å². The molecule has 2 amide bonds. The Balaban J connectivity index is 1.58. The number of rotatable bonds is 4. The summed E-state index contributed by atoms with van der Waals surface area (Å²) in [5.41, 5.74) is 4.09. The van der Waals surface area contributed by atoms with Gasteiger partial charge in [0.15, 0.2) is 4.96 Å². The first-order valence-corrected chi connectivity index (χ1v) is 10.4. The Bertz CT molecular complexity index is 973. The molecule has 0 unspecified atom stereocenters.